The van der Waals surface area contributed by atoms with Crippen molar-refractivity contribution in [3.05, 3.63) is 0 Å². The molecule has 4 nitrogen and oxygen atoms in total. The minimum atomic E-state index is 0.606. The van der Waals surface area contributed by atoms with Gasteiger partial charge < -0.3 is 15.5 Å². The number of rotatable bonds is 7. The van der Waals surface area contributed by atoms with E-state index >= 15 is 0 Å². The maximum absolute atomic E-state index is 4.38. The van der Waals surface area contributed by atoms with Crippen molar-refractivity contribution in [3.8, 4) is 0 Å². The largest absolute Gasteiger partial charge is 0.356 e. The zero-order valence-corrected chi connectivity index (χ0v) is 16.1. The van der Waals surface area contributed by atoms with Gasteiger partial charge >= 0.3 is 0 Å². The average molecular weight is 341 g/mol. The molecule has 2 rings (SSSR count). The van der Waals surface area contributed by atoms with Gasteiger partial charge in [-0.15, -0.1) is 0 Å². The van der Waals surface area contributed by atoms with Gasteiger partial charge in [0.05, 0.1) is 0 Å². The molecule has 0 bridgehead atoms. The molecule has 2 N–H and O–H groups in total. The average Bonchev–Trinajstić information content (AvgIpc) is 3.03. The summed E-state index contributed by atoms with van der Waals surface area (Å²) in [6, 6.07) is 0.606. The lowest BCUT2D eigenvalue weighted by atomic mass is 9.99. The van der Waals surface area contributed by atoms with E-state index in [1.54, 1.807) is 0 Å². The van der Waals surface area contributed by atoms with Crippen molar-refractivity contribution in [3.63, 3.8) is 0 Å². The van der Waals surface area contributed by atoms with Gasteiger partial charge in [-0.2, -0.15) is 11.8 Å². The summed E-state index contributed by atoms with van der Waals surface area (Å²) in [5.74, 6) is 1.92. The Morgan fingerprint density at radius 1 is 1.17 bits per heavy atom. The van der Waals surface area contributed by atoms with Crippen LogP contribution >= 0.6 is 11.8 Å². The molecule has 1 aliphatic carbocycles. The highest BCUT2D eigenvalue weighted by Crippen LogP contribution is 2.27. The highest BCUT2D eigenvalue weighted by atomic mass is 32.2. The van der Waals surface area contributed by atoms with Gasteiger partial charge in [0.2, 0.25) is 0 Å². The summed E-state index contributed by atoms with van der Waals surface area (Å²) in [7, 11) is 1.88. The third-order valence-electron chi connectivity index (χ3n) is 5.35. The molecule has 134 valence electrons. The first-order chi connectivity index (χ1) is 11.2. The normalized spacial score (nSPS) is 27.3. The number of piperidine rings is 1. The summed E-state index contributed by atoms with van der Waals surface area (Å²) < 4.78 is 0. The van der Waals surface area contributed by atoms with Crippen LogP contribution in [0.15, 0.2) is 4.99 Å². The van der Waals surface area contributed by atoms with Crippen LogP contribution in [0.3, 0.4) is 0 Å². The van der Waals surface area contributed by atoms with Crippen LogP contribution in [0.2, 0.25) is 0 Å². The molecule has 1 saturated heterocycles. The molecular weight excluding hydrogens is 304 g/mol. The predicted octanol–water partition coefficient (Wildman–Crippen LogP) is 2.95. The first-order valence-corrected chi connectivity index (χ1v) is 10.7. The minimum Gasteiger partial charge on any atom is -0.356 e. The van der Waals surface area contributed by atoms with Crippen molar-refractivity contribution in [2.45, 2.75) is 63.2 Å². The molecule has 23 heavy (non-hydrogen) atoms. The number of hydrogen-bond acceptors (Lipinski definition) is 3. The lowest BCUT2D eigenvalue weighted by molar-refractivity contribution is 0.189. The number of likely N-dealkylation sites (tertiary alicyclic amines) is 1. The van der Waals surface area contributed by atoms with Gasteiger partial charge in [-0.05, 0) is 76.8 Å². The Balaban J connectivity index is 1.52. The zero-order valence-electron chi connectivity index (χ0n) is 15.3. The van der Waals surface area contributed by atoms with Gasteiger partial charge in [-0.1, -0.05) is 6.92 Å². The Morgan fingerprint density at radius 2 is 1.96 bits per heavy atom. The first-order valence-electron chi connectivity index (χ1n) is 9.43. The second-order valence-electron chi connectivity index (χ2n) is 7.24. The summed E-state index contributed by atoms with van der Waals surface area (Å²) in [5, 5.41) is 7.91. The third-order valence-corrected chi connectivity index (χ3v) is 6.45. The smallest absolute Gasteiger partial charge is 0.191 e. The Kier molecular flexibility index (Phi) is 8.59. The summed E-state index contributed by atoms with van der Waals surface area (Å²) in [6.07, 6.45) is 11.4. The molecule has 1 aliphatic heterocycles. The van der Waals surface area contributed by atoms with Crippen LogP contribution in [-0.4, -0.2) is 61.6 Å². The number of aliphatic imine (C=N–C) groups is 1. The van der Waals surface area contributed by atoms with Gasteiger partial charge in [0, 0.05) is 24.9 Å². The van der Waals surface area contributed by atoms with E-state index < -0.39 is 0 Å². The predicted molar refractivity (Wildman–Crippen MR) is 104 cm³/mol. The van der Waals surface area contributed by atoms with Crippen LogP contribution in [0, 0.1) is 5.92 Å². The van der Waals surface area contributed by atoms with E-state index in [0.29, 0.717) is 6.04 Å². The highest BCUT2D eigenvalue weighted by Gasteiger charge is 2.24. The van der Waals surface area contributed by atoms with Crippen LogP contribution in [0.1, 0.15) is 51.9 Å². The maximum atomic E-state index is 4.38. The Hall–Kier alpha value is -0.420. The maximum Gasteiger partial charge on any atom is 0.191 e. The molecule has 1 heterocycles. The van der Waals surface area contributed by atoms with E-state index in [9.17, 15) is 0 Å². The number of nitrogens with zero attached hydrogens (tertiary/aromatic N) is 2. The Morgan fingerprint density at radius 3 is 2.61 bits per heavy atom. The van der Waals surface area contributed by atoms with Crippen LogP contribution in [0.4, 0.5) is 0 Å². The minimum absolute atomic E-state index is 0.606. The van der Waals surface area contributed by atoms with Gasteiger partial charge in [0.15, 0.2) is 5.96 Å². The number of thioether (sulfide) groups is 1. The molecule has 2 fully saturated rings. The first kappa shape index (κ1) is 18.9. The van der Waals surface area contributed by atoms with Crippen LogP contribution < -0.4 is 10.6 Å². The molecule has 0 spiro atoms. The van der Waals surface area contributed by atoms with Crippen molar-refractivity contribution in [1.29, 1.82) is 0 Å². The van der Waals surface area contributed by atoms with E-state index in [0.717, 1.165) is 23.7 Å². The SMILES string of the molecule is CN=C(NCCCCN1CCC(C)CC1)NC1CCC(SC)C1. The topological polar surface area (TPSA) is 39.7 Å². The van der Waals surface area contributed by atoms with Crippen LogP contribution in [0.5, 0.6) is 0 Å². The van der Waals surface area contributed by atoms with Crippen molar-refractivity contribution in [2.24, 2.45) is 10.9 Å². The van der Waals surface area contributed by atoms with E-state index in [1.807, 2.05) is 18.8 Å². The molecule has 2 aliphatic rings. The molecule has 1 saturated carbocycles. The van der Waals surface area contributed by atoms with Crippen molar-refractivity contribution in [1.82, 2.24) is 15.5 Å². The summed E-state index contributed by atoms with van der Waals surface area (Å²) in [4.78, 5) is 7.01. The van der Waals surface area contributed by atoms with E-state index in [4.69, 9.17) is 0 Å². The monoisotopic (exact) mass is 340 g/mol. The van der Waals surface area contributed by atoms with E-state index in [1.165, 1.54) is 64.6 Å². The standard InChI is InChI=1S/C18H36N4S/c1-15-8-12-22(13-9-15)11-5-4-10-20-18(19-2)21-16-6-7-17(14-16)23-3/h15-17H,4-14H2,1-3H3,(H2,19,20,21). The second kappa shape index (κ2) is 10.4. The molecule has 2 unspecified atom stereocenters. The molecule has 0 aromatic heterocycles. The Bertz CT molecular complexity index is 353. The van der Waals surface area contributed by atoms with Crippen LogP contribution in [-0.2, 0) is 0 Å². The van der Waals surface area contributed by atoms with Crippen LogP contribution in [0.25, 0.3) is 0 Å². The quantitative estimate of drug-likeness (QED) is 0.425. The Labute approximate surface area is 147 Å². The number of unbranched alkanes of at least 4 members (excludes halogenated alkanes) is 1. The summed E-state index contributed by atoms with van der Waals surface area (Å²) >= 11 is 2.00. The summed E-state index contributed by atoms with van der Waals surface area (Å²) in [5.41, 5.74) is 0. The van der Waals surface area contributed by atoms with Gasteiger partial charge in [-0.25, -0.2) is 0 Å². The molecule has 0 aromatic rings. The molecule has 5 heteroatoms. The second-order valence-corrected chi connectivity index (χ2v) is 8.38. The number of nitrogens with one attached hydrogen (secondary N) is 2. The number of guanidine groups is 1. The van der Waals surface area contributed by atoms with Gasteiger partial charge in [0.25, 0.3) is 0 Å². The third kappa shape index (κ3) is 6.92. The summed E-state index contributed by atoms with van der Waals surface area (Å²) in [6.45, 7) is 7.28. The van der Waals surface area contributed by atoms with Crippen molar-refractivity contribution >= 4 is 17.7 Å². The zero-order chi connectivity index (χ0) is 16.5. The highest BCUT2D eigenvalue weighted by molar-refractivity contribution is 7.99. The fourth-order valence-electron chi connectivity index (χ4n) is 3.63. The molecule has 0 amide bonds. The lowest BCUT2D eigenvalue weighted by Crippen LogP contribution is -2.43. The van der Waals surface area contributed by atoms with Crippen molar-refractivity contribution < 1.29 is 0 Å². The molecule has 0 aromatic carbocycles. The number of hydrogen-bond donors (Lipinski definition) is 2. The molecule has 2 atom stereocenters. The van der Waals surface area contributed by atoms with Gasteiger partial charge in [-0.3, -0.25) is 4.99 Å². The molecule has 0 radical (unpaired) electrons. The van der Waals surface area contributed by atoms with E-state index in [-0.39, 0.29) is 0 Å². The van der Waals surface area contributed by atoms with Gasteiger partial charge in [0.1, 0.15) is 0 Å². The molecular formula is C18H36N4S. The lowest BCUT2D eigenvalue weighted by Gasteiger charge is -2.30. The fraction of sp³-hybridized carbons (Fsp3) is 0.944. The fourth-order valence-corrected chi connectivity index (χ4v) is 4.42. The van der Waals surface area contributed by atoms with Crippen molar-refractivity contribution in [2.75, 3.05) is 39.5 Å². The van der Waals surface area contributed by atoms with E-state index in [2.05, 4.69) is 33.7 Å².